The SMILES string of the molecule is COC(=O)c1cc(C)ccc1NC1CCCCC1CN. The molecule has 2 unspecified atom stereocenters. The number of aryl methyl sites for hydroxylation is 1. The van der Waals surface area contributed by atoms with Gasteiger partial charge in [0, 0.05) is 11.7 Å². The molecule has 4 heteroatoms. The second-order valence-electron chi connectivity index (χ2n) is 5.57. The van der Waals surface area contributed by atoms with Gasteiger partial charge in [0.15, 0.2) is 0 Å². The molecule has 20 heavy (non-hydrogen) atoms. The van der Waals surface area contributed by atoms with Gasteiger partial charge in [-0.15, -0.1) is 0 Å². The van der Waals surface area contributed by atoms with Gasteiger partial charge in [-0.2, -0.15) is 0 Å². The molecule has 3 N–H and O–H groups in total. The van der Waals surface area contributed by atoms with Crippen molar-refractivity contribution >= 4 is 11.7 Å². The Kier molecular flexibility index (Phi) is 5.01. The molecular formula is C16H24N2O2. The normalized spacial score (nSPS) is 22.4. The van der Waals surface area contributed by atoms with Crippen molar-refractivity contribution in [3.63, 3.8) is 0 Å². The molecule has 1 saturated carbocycles. The van der Waals surface area contributed by atoms with Gasteiger partial charge in [0.2, 0.25) is 0 Å². The number of rotatable bonds is 4. The van der Waals surface area contributed by atoms with Gasteiger partial charge in [-0.3, -0.25) is 0 Å². The van der Waals surface area contributed by atoms with Crippen molar-refractivity contribution in [3.05, 3.63) is 29.3 Å². The van der Waals surface area contributed by atoms with Crippen LogP contribution in [-0.4, -0.2) is 25.7 Å². The molecule has 0 spiro atoms. The summed E-state index contributed by atoms with van der Waals surface area (Å²) in [4.78, 5) is 11.9. The number of esters is 1. The van der Waals surface area contributed by atoms with Crippen LogP contribution < -0.4 is 11.1 Å². The van der Waals surface area contributed by atoms with Gasteiger partial charge in [-0.05, 0) is 44.4 Å². The molecule has 0 heterocycles. The zero-order valence-corrected chi connectivity index (χ0v) is 12.3. The summed E-state index contributed by atoms with van der Waals surface area (Å²) in [6.07, 6.45) is 4.73. The predicted molar refractivity (Wildman–Crippen MR) is 80.9 cm³/mol. The van der Waals surface area contributed by atoms with Gasteiger partial charge < -0.3 is 15.8 Å². The van der Waals surface area contributed by atoms with Gasteiger partial charge >= 0.3 is 5.97 Å². The summed E-state index contributed by atoms with van der Waals surface area (Å²) in [5.41, 5.74) is 8.37. The molecule has 110 valence electrons. The number of methoxy groups -OCH3 is 1. The van der Waals surface area contributed by atoms with E-state index in [4.69, 9.17) is 10.5 Å². The summed E-state index contributed by atoms with van der Waals surface area (Å²) in [7, 11) is 1.41. The lowest BCUT2D eigenvalue weighted by Gasteiger charge is -2.32. The average Bonchev–Trinajstić information content (AvgIpc) is 2.48. The van der Waals surface area contributed by atoms with E-state index < -0.39 is 0 Å². The standard InChI is InChI=1S/C16H24N2O2/c1-11-7-8-15(13(9-11)16(19)20-2)18-14-6-4-3-5-12(14)10-17/h7-9,12,14,18H,3-6,10,17H2,1-2H3. The molecule has 0 bridgehead atoms. The van der Waals surface area contributed by atoms with Gasteiger partial charge in [0.1, 0.15) is 0 Å². The molecule has 0 saturated heterocycles. The monoisotopic (exact) mass is 276 g/mol. The highest BCUT2D eigenvalue weighted by Gasteiger charge is 2.25. The Morgan fingerprint density at radius 3 is 2.85 bits per heavy atom. The van der Waals surface area contributed by atoms with E-state index in [1.54, 1.807) is 0 Å². The van der Waals surface area contributed by atoms with Crippen LogP contribution in [0.25, 0.3) is 0 Å². The number of nitrogens with two attached hydrogens (primary N) is 1. The number of carbonyl (C=O) groups is 1. The van der Waals surface area contributed by atoms with E-state index in [2.05, 4.69) is 5.32 Å². The lowest BCUT2D eigenvalue weighted by molar-refractivity contribution is 0.0601. The van der Waals surface area contributed by atoms with E-state index in [9.17, 15) is 4.79 Å². The smallest absolute Gasteiger partial charge is 0.339 e. The number of hydrogen-bond acceptors (Lipinski definition) is 4. The van der Waals surface area contributed by atoms with Crippen LogP contribution in [0.1, 0.15) is 41.6 Å². The third kappa shape index (κ3) is 3.31. The number of hydrogen-bond donors (Lipinski definition) is 2. The minimum atomic E-state index is -0.295. The van der Waals surface area contributed by atoms with Crippen LogP contribution in [0.5, 0.6) is 0 Å². The van der Waals surface area contributed by atoms with Crippen molar-refractivity contribution in [3.8, 4) is 0 Å². The minimum Gasteiger partial charge on any atom is -0.465 e. The summed E-state index contributed by atoms with van der Waals surface area (Å²) in [5, 5.41) is 3.51. The Balaban J connectivity index is 2.21. The highest BCUT2D eigenvalue weighted by atomic mass is 16.5. The third-order valence-corrected chi connectivity index (χ3v) is 4.13. The van der Waals surface area contributed by atoms with Crippen LogP contribution in [0.3, 0.4) is 0 Å². The summed E-state index contributed by atoms with van der Waals surface area (Å²) < 4.78 is 4.87. The first-order chi connectivity index (χ1) is 9.65. The number of ether oxygens (including phenoxy) is 1. The molecular weight excluding hydrogens is 252 g/mol. The molecule has 0 aromatic heterocycles. The quantitative estimate of drug-likeness (QED) is 0.830. The summed E-state index contributed by atoms with van der Waals surface area (Å²) in [6.45, 7) is 2.66. The van der Waals surface area contributed by atoms with Gasteiger partial charge in [0.05, 0.1) is 12.7 Å². The Morgan fingerprint density at radius 2 is 2.15 bits per heavy atom. The van der Waals surface area contributed by atoms with Crippen molar-refractivity contribution in [2.45, 2.75) is 38.6 Å². The first kappa shape index (κ1) is 14.9. The molecule has 2 atom stereocenters. The second kappa shape index (κ2) is 6.75. The molecule has 2 rings (SSSR count). The maximum atomic E-state index is 11.9. The fraction of sp³-hybridized carbons (Fsp3) is 0.562. The fourth-order valence-corrected chi connectivity index (χ4v) is 2.94. The Hall–Kier alpha value is -1.55. The summed E-state index contributed by atoms with van der Waals surface area (Å²) in [6, 6.07) is 6.19. The Morgan fingerprint density at radius 1 is 1.40 bits per heavy atom. The van der Waals surface area contributed by atoms with Crippen LogP contribution in [0.2, 0.25) is 0 Å². The van der Waals surface area contributed by atoms with E-state index >= 15 is 0 Å². The molecule has 0 amide bonds. The van der Waals surface area contributed by atoms with Crippen LogP contribution in [0.15, 0.2) is 18.2 Å². The van der Waals surface area contributed by atoms with Gasteiger partial charge in [-0.1, -0.05) is 24.5 Å². The first-order valence-electron chi connectivity index (χ1n) is 7.31. The highest BCUT2D eigenvalue weighted by Crippen LogP contribution is 2.28. The topological polar surface area (TPSA) is 64.3 Å². The molecule has 1 aliphatic rings. The van der Waals surface area contributed by atoms with Gasteiger partial charge in [-0.25, -0.2) is 4.79 Å². The van der Waals surface area contributed by atoms with E-state index in [1.807, 2.05) is 25.1 Å². The van der Waals surface area contributed by atoms with Gasteiger partial charge in [0.25, 0.3) is 0 Å². The first-order valence-corrected chi connectivity index (χ1v) is 7.31. The van der Waals surface area contributed by atoms with Crippen LogP contribution in [0, 0.1) is 12.8 Å². The summed E-state index contributed by atoms with van der Waals surface area (Å²) in [5.74, 6) is 0.187. The largest absolute Gasteiger partial charge is 0.465 e. The zero-order valence-electron chi connectivity index (χ0n) is 12.3. The van der Waals surface area contributed by atoms with Crippen LogP contribution in [-0.2, 0) is 4.74 Å². The zero-order chi connectivity index (χ0) is 14.5. The molecule has 4 nitrogen and oxygen atoms in total. The summed E-state index contributed by atoms with van der Waals surface area (Å²) >= 11 is 0. The van der Waals surface area contributed by atoms with E-state index in [0.717, 1.165) is 24.1 Å². The molecule has 0 radical (unpaired) electrons. The lowest BCUT2D eigenvalue weighted by Crippen LogP contribution is -2.37. The Bertz CT molecular complexity index is 474. The fourth-order valence-electron chi connectivity index (χ4n) is 2.94. The average molecular weight is 276 g/mol. The highest BCUT2D eigenvalue weighted by molar-refractivity contribution is 5.95. The maximum absolute atomic E-state index is 11.9. The lowest BCUT2D eigenvalue weighted by atomic mass is 9.84. The second-order valence-corrected chi connectivity index (χ2v) is 5.57. The molecule has 0 aliphatic heterocycles. The molecule has 1 fully saturated rings. The number of nitrogens with one attached hydrogen (secondary N) is 1. The number of anilines is 1. The molecule has 1 aromatic carbocycles. The van der Waals surface area contributed by atoms with Crippen molar-refractivity contribution in [2.24, 2.45) is 11.7 Å². The van der Waals surface area contributed by atoms with E-state index in [-0.39, 0.29) is 5.97 Å². The molecule has 1 aliphatic carbocycles. The van der Waals surface area contributed by atoms with Crippen molar-refractivity contribution in [1.82, 2.24) is 0 Å². The maximum Gasteiger partial charge on any atom is 0.339 e. The van der Waals surface area contributed by atoms with Crippen molar-refractivity contribution < 1.29 is 9.53 Å². The van der Waals surface area contributed by atoms with E-state index in [1.165, 1.54) is 20.0 Å². The Labute approximate surface area is 120 Å². The van der Waals surface area contributed by atoms with E-state index in [0.29, 0.717) is 24.1 Å². The number of benzene rings is 1. The van der Waals surface area contributed by atoms with Crippen LogP contribution in [0.4, 0.5) is 5.69 Å². The molecule has 1 aromatic rings. The predicted octanol–water partition coefficient (Wildman–Crippen LogP) is 2.71. The minimum absolute atomic E-state index is 0.295. The third-order valence-electron chi connectivity index (χ3n) is 4.13. The van der Waals surface area contributed by atoms with Crippen molar-refractivity contribution in [2.75, 3.05) is 19.0 Å². The van der Waals surface area contributed by atoms with Crippen LogP contribution >= 0.6 is 0 Å². The number of carbonyl (C=O) groups excluding carboxylic acids is 1. The van der Waals surface area contributed by atoms with Crippen molar-refractivity contribution in [1.29, 1.82) is 0 Å².